The SMILES string of the molecule is CCCCCCCCCOC(=O)CCCCCCCN(CCCCCCCC(C)OC(CCCCCCCC)CCCCCCCC)CCOC(=O)NC. The Balaban J connectivity index is 4.24. The van der Waals surface area contributed by atoms with Gasteiger partial charge in [-0.3, -0.25) is 9.69 Å². The zero-order valence-electron chi connectivity index (χ0n) is 37.0. The van der Waals surface area contributed by atoms with Crippen LogP contribution in [0, 0.1) is 0 Å². The lowest BCUT2D eigenvalue weighted by molar-refractivity contribution is -0.143. The van der Waals surface area contributed by atoms with Gasteiger partial charge >= 0.3 is 12.1 Å². The highest BCUT2D eigenvalue weighted by Gasteiger charge is 2.14. The maximum absolute atomic E-state index is 12.1. The van der Waals surface area contributed by atoms with Crippen LogP contribution in [-0.4, -0.2) is 69.1 Å². The molecule has 0 aromatic heterocycles. The minimum Gasteiger partial charge on any atom is -0.466 e. The number of carbonyl (C=O) groups is 2. The van der Waals surface area contributed by atoms with E-state index in [1.54, 1.807) is 7.05 Å². The highest BCUT2D eigenvalue weighted by Crippen LogP contribution is 2.20. The molecule has 0 aliphatic rings. The van der Waals surface area contributed by atoms with Gasteiger partial charge in [-0.05, 0) is 65.0 Å². The van der Waals surface area contributed by atoms with Gasteiger partial charge in [0.25, 0.3) is 0 Å². The number of alkyl carbamates (subject to hydrolysis) is 1. The molecule has 0 saturated heterocycles. The van der Waals surface area contributed by atoms with Gasteiger partial charge in [0.1, 0.15) is 6.61 Å². The second kappa shape index (κ2) is 42.8. The Morgan fingerprint density at radius 3 is 1.41 bits per heavy atom. The van der Waals surface area contributed by atoms with Crippen LogP contribution in [0.3, 0.4) is 0 Å². The van der Waals surface area contributed by atoms with Crippen LogP contribution in [0.5, 0.6) is 0 Å². The van der Waals surface area contributed by atoms with E-state index in [9.17, 15) is 9.59 Å². The molecule has 7 nitrogen and oxygen atoms in total. The molecule has 0 radical (unpaired) electrons. The fraction of sp³-hybridized carbons (Fsp3) is 0.957. The Morgan fingerprint density at radius 1 is 0.481 bits per heavy atom. The van der Waals surface area contributed by atoms with E-state index >= 15 is 0 Å². The maximum Gasteiger partial charge on any atom is 0.406 e. The van der Waals surface area contributed by atoms with E-state index in [-0.39, 0.29) is 12.1 Å². The molecule has 7 heteroatoms. The monoisotopic (exact) mass is 767 g/mol. The average molecular weight is 767 g/mol. The molecule has 0 aromatic carbocycles. The second-order valence-corrected chi connectivity index (χ2v) is 16.3. The van der Waals surface area contributed by atoms with Crippen LogP contribution in [0.4, 0.5) is 4.79 Å². The summed E-state index contributed by atoms with van der Waals surface area (Å²) in [6.45, 7) is 13.0. The van der Waals surface area contributed by atoms with Crippen molar-refractivity contribution in [3.05, 3.63) is 0 Å². The van der Waals surface area contributed by atoms with Crippen molar-refractivity contribution < 1.29 is 23.8 Å². The lowest BCUT2D eigenvalue weighted by atomic mass is 10.0. The summed E-state index contributed by atoms with van der Waals surface area (Å²) in [5, 5.41) is 2.55. The van der Waals surface area contributed by atoms with Gasteiger partial charge in [-0.1, -0.05) is 181 Å². The molecule has 1 atom stereocenters. The summed E-state index contributed by atoms with van der Waals surface area (Å²) in [6, 6.07) is 0. The van der Waals surface area contributed by atoms with Crippen molar-refractivity contribution in [2.45, 2.75) is 252 Å². The molecule has 1 unspecified atom stereocenters. The molecule has 54 heavy (non-hydrogen) atoms. The molecular weight excluding hydrogens is 673 g/mol. The van der Waals surface area contributed by atoms with Crippen LogP contribution in [-0.2, 0) is 19.0 Å². The van der Waals surface area contributed by atoms with Crippen LogP contribution in [0.2, 0.25) is 0 Å². The summed E-state index contributed by atoms with van der Waals surface area (Å²) in [4.78, 5) is 26.1. The Bertz CT molecular complexity index is 765. The largest absolute Gasteiger partial charge is 0.466 e. The summed E-state index contributed by atoms with van der Waals surface area (Å²) in [5.41, 5.74) is 0. The van der Waals surface area contributed by atoms with Crippen molar-refractivity contribution in [1.29, 1.82) is 0 Å². The topological polar surface area (TPSA) is 77.1 Å². The average Bonchev–Trinajstić information content (AvgIpc) is 3.17. The summed E-state index contributed by atoms with van der Waals surface area (Å²) in [5.74, 6) is -0.0302. The molecule has 1 amide bonds. The first kappa shape index (κ1) is 52.7. The van der Waals surface area contributed by atoms with Crippen LogP contribution < -0.4 is 5.32 Å². The Morgan fingerprint density at radius 2 is 0.907 bits per heavy atom. The predicted octanol–water partition coefficient (Wildman–Crippen LogP) is 13.9. The summed E-state index contributed by atoms with van der Waals surface area (Å²) >= 11 is 0. The minimum absolute atomic E-state index is 0.0302. The zero-order chi connectivity index (χ0) is 39.6. The summed E-state index contributed by atoms with van der Waals surface area (Å²) in [7, 11) is 1.61. The van der Waals surface area contributed by atoms with Crippen molar-refractivity contribution in [3.8, 4) is 0 Å². The number of hydrogen-bond acceptors (Lipinski definition) is 6. The van der Waals surface area contributed by atoms with Gasteiger partial charge in [0, 0.05) is 20.0 Å². The lowest BCUT2D eigenvalue weighted by Gasteiger charge is -2.23. The van der Waals surface area contributed by atoms with E-state index in [2.05, 4.69) is 37.9 Å². The first-order valence-corrected chi connectivity index (χ1v) is 23.8. The van der Waals surface area contributed by atoms with Gasteiger partial charge < -0.3 is 19.5 Å². The molecule has 0 saturated carbocycles. The number of hydrogen-bond donors (Lipinski definition) is 1. The molecule has 0 rings (SSSR count). The van der Waals surface area contributed by atoms with E-state index in [0.29, 0.717) is 31.8 Å². The third kappa shape index (κ3) is 38.9. The number of unbranched alkanes of at least 4 members (excludes halogenated alkanes) is 24. The third-order valence-electron chi connectivity index (χ3n) is 11.0. The van der Waals surface area contributed by atoms with Gasteiger partial charge in [0.15, 0.2) is 0 Å². The molecule has 0 bridgehead atoms. The predicted molar refractivity (Wildman–Crippen MR) is 232 cm³/mol. The van der Waals surface area contributed by atoms with Gasteiger partial charge in [-0.15, -0.1) is 0 Å². The van der Waals surface area contributed by atoms with E-state index in [0.717, 1.165) is 51.7 Å². The van der Waals surface area contributed by atoms with Crippen LogP contribution in [0.15, 0.2) is 0 Å². The van der Waals surface area contributed by atoms with Crippen LogP contribution in [0.1, 0.15) is 240 Å². The smallest absolute Gasteiger partial charge is 0.406 e. The number of esters is 1. The molecule has 1 N–H and O–H groups in total. The van der Waals surface area contributed by atoms with Crippen molar-refractivity contribution in [3.63, 3.8) is 0 Å². The first-order valence-electron chi connectivity index (χ1n) is 23.8. The van der Waals surface area contributed by atoms with Gasteiger partial charge in [-0.25, -0.2) is 4.79 Å². The molecule has 0 heterocycles. The summed E-state index contributed by atoms with van der Waals surface area (Å²) in [6.07, 6.45) is 41.3. The molecule has 0 aliphatic heterocycles. The molecular formula is C47H94N2O5. The zero-order valence-corrected chi connectivity index (χ0v) is 37.0. The fourth-order valence-electron chi connectivity index (χ4n) is 7.41. The standard InChI is InChI=1S/C47H94N2O5/c1-6-9-12-15-18-27-34-42-52-46(50)38-31-24-20-26-33-40-49(41-43-53-47(51)48-5)39-32-25-19-21-28-35-44(4)54-45(36-29-22-16-13-10-7-2)37-30-23-17-14-11-8-3/h44-45H,6-43H2,1-5H3,(H,48,51). The van der Waals surface area contributed by atoms with Crippen molar-refractivity contribution in [1.82, 2.24) is 10.2 Å². The highest BCUT2D eigenvalue weighted by atomic mass is 16.5. The molecule has 322 valence electrons. The van der Waals surface area contributed by atoms with Gasteiger partial charge in [0.2, 0.25) is 0 Å². The normalized spacial score (nSPS) is 12.1. The van der Waals surface area contributed by atoms with Crippen molar-refractivity contribution >= 4 is 12.1 Å². The molecule has 0 fully saturated rings. The number of nitrogens with one attached hydrogen (secondary N) is 1. The Kier molecular flexibility index (Phi) is 41.7. The number of carbonyl (C=O) groups excluding carboxylic acids is 2. The number of rotatable bonds is 43. The first-order chi connectivity index (χ1) is 26.5. The molecule has 0 aliphatic carbocycles. The highest BCUT2D eigenvalue weighted by molar-refractivity contribution is 5.69. The number of ether oxygens (including phenoxy) is 3. The Hall–Kier alpha value is -1.34. The molecule has 0 spiro atoms. The third-order valence-corrected chi connectivity index (χ3v) is 11.0. The quantitative estimate of drug-likeness (QED) is 0.0492. The van der Waals surface area contributed by atoms with E-state index < -0.39 is 0 Å². The Labute approximate surface area is 336 Å². The van der Waals surface area contributed by atoms with Crippen molar-refractivity contribution in [2.24, 2.45) is 0 Å². The minimum atomic E-state index is -0.356. The summed E-state index contributed by atoms with van der Waals surface area (Å²) < 4.78 is 17.4. The lowest BCUT2D eigenvalue weighted by Crippen LogP contribution is -2.31. The van der Waals surface area contributed by atoms with Gasteiger partial charge in [-0.2, -0.15) is 0 Å². The van der Waals surface area contributed by atoms with Crippen LogP contribution in [0.25, 0.3) is 0 Å². The van der Waals surface area contributed by atoms with Crippen molar-refractivity contribution in [2.75, 3.05) is 39.9 Å². The maximum atomic E-state index is 12.1. The van der Waals surface area contributed by atoms with E-state index in [1.807, 2.05) is 0 Å². The second-order valence-electron chi connectivity index (χ2n) is 16.3. The number of amides is 1. The van der Waals surface area contributed by atoms with E-state index in [4.69, 9.17) is 14.2 Å². The van der Waals surface area contributed by atoms with E-state index in [1.165, 1.54) is 173 Å². The van der Waals surface area contributed by atoms with Gasteiger partial charge in [0.05, 0.1) is 18.8 Å². The van der Waals surface area contributed by atoms with Crippen LogP contribution >= 0.6 is 0 Å². The number of nitrogens with zero attached hydrogens (tertiary/aromatic N) is 1. The fourth-order valence-corrected chi connectivity index (χ4v) is 7.41. The molecule has 0 aromatic rings.